The van der Waals surface area contributed by atoms with Gasteiger partial charge in [-0.2, -0.15) is 0 Å². The molecule has 0 aliphatic carbocycles. The fourth-order valence-corrected chi connectivity index (χ4v) is 3.31. The van der Waals surface area contributed by atoms with Crippen LogP contribution in [0.4, 0.5) is 0 Å². The van der Waals surface area contributed by atoms with Gasteiger partial charge in [-0.15, -0.1) is 5.10 Å². The van der Waals surface area contributed by atoms with Crippen molar-refractivity contribution in [2.45, 2.75) is 25.4 Å². The summed E-state index contributed by atoms with van der Waals surface area (Å²) in [5, 5.41) is 4.11. The predicted octanol–water partition coefficient (Wildman–Crippen LogP) is 3.54. The molecule has 0 amide bonds. The summed E-state index contributed by atoms with van der Waals surface area (Å²) in [6.07, 6.45) is 2.37. The van der Waals surface area contributed by atoms with Gasteiger partial charge in [-0.25, -0.2) is 0 Å². The molecular formula is C14H16ClN3OS. The molecule has 0 N–H and O–H groups in total. The van der Waals surface area contributed by atoms with Crippen LogP contribution in [-0.2, 0) is 6.54 Å². The largest absolute Gasteiger partial charge is 0.497 e. The Balaban J connectivity index is 1.76. The van der Waals surface area contributed by atoms with Crippen LogP contribution in [0.3, 0.4) is 0 Å². The Morgan fingerprint density at radius 2 is 2.20 bits per heavy atom. The SMILES string of the molecule is COc1ccc([C@@H]2CCCN2Cc2nnsc2Cl)cc1. The lowest BCUT2D eigenvalue weighted by molar-refractivity contribution is 0.245. The summed E-state index contributed by atoms with van der Waals surface area (Å²) < 4.78 is 9.81. The third-order valence-corrected chi connectivity index (χ3v) is 4.71. The van der Waals surface area contributed by atoms with E-state index >= 15 is 0 Å². The van der Waals surface area contributed by atoms with E-state index in [0.717, 1.165) is 24.5 Å². The van der Waals surface area contributed by atoms with Crippen LogP contribution in [0.15, 0.2) is 24.3 Å². The Labute approximate surface area is 127 Å². The lowest BCUT2D eigenvalue weighted by atomic mass is 10.0. The van der Waals surface area contributed by atoms with Crippen LogP contribution in [0.2, 0.25) is 4.34 Å². The molecule has 1 fully saturated rings. The number of nitrogens with zero attached hydrogens (tertiary/aromatic N) is 3. The molecule has 6 heteroatoms. The zero-order valence-electron chi connectivity index (χ0n) is 11.3. The van der Waals surface area contributed by atoms with Crippen LogP contribution in [0, 0.1) is 0 Å². The number of hydrogen-bond acceptors (Lipinski definition) is 5. The topological polar surface area (TPSA) is 38.2 Å². The van der Waals surface area contributed by atoms with Crippen LogP contribution < -0.4 is 4.74 Å². The number of halogens is 1. The van der Waals surface area contributed by atoms with Crippen molar-refractivity contribution in [2.24, 2.45) is 0 Å². The monoisotopic (exact) mass is 309 g/mol. The molecule has 0 bridgehead atoms. The molecule has 1 aromatic heterocycles. The normalized spacial score (nSPS) is 19.4. The summed E-state index contributed by atoms with van der Waals surface area (Å²) in [6.45, 7) is 1.84. The summed E-state index contributed by atoms with van der Waals surface area (Å²) in [5.41, 5.74) is 2.21. The van der Waals surface area contributed by atoms with Crippen LogP contribution >= 0.6 is 23.1 Å². The second-order valence-electron chi connectivity index (χ2n) is 4.89. The summed E-state index contributed by atoms with van der Waals surface area (Å²) in [6, 6.07) is 8.75. The maximum atomic E-state index is 6.10. The smallest absolute Gasteiger partial charge is 0.138 e. The minimum atomic E-state index is 0.429. The van der Waals surface area contributed by atoms with Crippen molar-refractivity contribution in [1.29, 1.82) is 0 Å². The van der Waals surface area contributed by atoms with Crippen molar-refractivity contribution in [3.8, 4) is 5.75 Å². The molecule has 1 saturated heterocycles. The van der Waals surface area contributed by atoms with Crippen molar-refractivity contribution in [1.82, 2.24) is 14.5 Å². The average Bonchev–Trinajstić information content (AvgIpc) is 3.09. The Morgan fingerprint density at radius 1 is 1.40 bits per heavy atom. The fourth-order valence-electron chi connectivity index (χ4n) is 2.70. The quantitative estimate of drug-likeness (QED) is 0.866. The minimum absolute atomic E-state index is 0.429. The summed E-state index contributed by atoms with van der Waals surface area (Å²) >= 11 is 7.35. The van der Waals surface area contributed by atoms with E-state index in [4.69, 9.17) is 16.3 Å². The number of benzene rings is 1. The van der Waals surface area contributed by atoms with Crippen molar-refractivity contribution >= 4 is 23.1 Å². The third-order valence-electron chi connectivity index (χ3n) is 3.73. The first kappa shape index (κ1) is 13.8. The highest BCUT2D eigenvalue weighted by Gasteiger charge is 2.27. The standard InChI is InChI=1S/C14H16ClN3OS/c1-19-11-6-4-10(5-7-11)13-3-2-8-18(13)9-12-14(15)20-17-16-12/h4-7,13H,2-3,8-9H2,1H3/t13-/m0/s1. The molecule has 2 heterocycles. The molecule has 1 aliphatic rings. The average molecular weight is 310 g/mol. The minimum Gasteiger partial charge on any atom is -0.497 e. The van der Waals surface area contributed by atoms with Gasteiger partial charge >= 0.3 is 0 Å². The summed E-state index contributed by atoms with van der Waals surface area (Å²) in [4.78, 5) is 2.42. The molecule has 106 valence electrons. The Kier molecular flexibility index (Phi) is 4.19. The van der Waals surface area contributed by atoms with E-state index in [0.29, 0.717) is 10.4 Å². The molecule has 1 atom stereocenters. The van der Waals surface area contributed by atoms with E-state index in [9.17, 15) is 0 Å². The molecule has 1 aliphatic heterocycles. The van der Waals surface area contributed by atoms with Crippen LogP contribution in [0.5, 0.6) is 5.75 Å². The molecular weight excluding hydrogens is 294 g/mol. The van der Waals surface area contributed by atoms with E-state index in [2.05, 4.69) is 26.6 Å². The Morgan fingerprint density at radius 3 is 2.85 bits per heavy atom. The van der Waals surface area contributed by atoms with E-state index in [1.807, 2.05) is 12.1 Å². The van der Waals surface area contributed by atoms with Crippen LogP contribution in [-0.4, -0.2) is 28.1 Å². The number of likely N-dealkylation sites (tertiary alicyclic amines) is 1. The Bertz CT molecular complexity index is 572. The number of hydrogen-bond donors (Lipinski definition) is 0. The van der Waals surface area contributed by atoms with E-state index < -0.39 is 0 Å². The first-order valence-corrected chi connectivity index (χ1v) is 7.78. The molecule has 20 heavy (non-hydrogen) atoms. The number of methoxy groups -OCH3 is 1. The Hall–Kier alpha value is -1.17. The van der Waals surface area contributed by atoms with Crippen molar-refractivity contribution in [3.63, 3.8) is 0 Å². The molecule has 0 unspecified atom stereocenters. The summed E-state index contributed by atoms with van der Waals surface area (Å²) in [7, 11) is 1.69. The molecule has 0 saturated carbocycles. The second kappa shape index (κ2) is 6.08. The van der Waals surface area contributed by atoms with Gasteiger partial charge in [0.05, 0.1) is 7.11 Å². The zero-order chi connectivity index (χ0) is 13.9. The molecule has 2 aromatic rings. The van der Waals surface area contributed by atoms with Gasteiger partial charge in [0.2, 0.25) is 0 Å². The third kappa shape index (κ3) is 2.80. The number of rotatable bonds is 4. The predicted molar refractivity (Wildman–Crippen MR) is 80.3 cm³/mol. The van der Waals surface area contributed by atoms with Gasteiger partial charge in [0.1, 0.15) is 15.8 Å². The zero-order valence-corrected chi connectivity index (χ0v) is 12.8. The van der Waals surface area contributed by atoms with Gasteiger partial charge in [-0.3, -0.25) is 4.90 Å². The van der Waals surface area contributed by atoms with Gasteiger partial charge in [0.15, 0.2) is 0 Å². The summed E-state index contributed by atoms with van der Waals surface area (Å²) in [5.74, 6) is 0.894. The lowest BCUT2D eigenvalue weighted by Crippen LogP contribution is -2.23. The molecule has 1 aromatic carbocycles. The number of ether oxygens (including phenoxy) is 1. The molecule has 0 spiro atoms. The van der Waals surface area contributed by atoms with Gasteiger partial charge in [-0.05, 0) is 37.1 Å². The van der Waals surface area contributed by atoms with Gasteiger partial charge in [-0.1, -0.05) is 28.2 Å². The van der Waals surface area contributed by atoms with E-state index in [1.165, 1.54) is 29.9 Å². The van der Waals surface area contributed by atoms with Crippen molar-refractivity contribution in [3.05, 3.63) is 39.9 Å². The van der Waals surface area contributed by atoms with Crippen molar-refractivity contribution < 1.29 is 4.74 Å². The molecule has 4 nitrogen and oxygen atoms in total. The lowest BCUT2D eigenvalue weighted by Gasteiger charge is -2.24. The van der Waals surface area contributed by atoms with E-state index in [-0.39, 0.29) is 0 Å². The van der Waals surface area contributed by atoms with Gasteiger partial charge < -0.3 is 4.74 Å². The van der Waals surface area contributed by atoms with Crippen LogP contribution in [0.25, 0.3) is 0 Å². The maximum absolute atomic E-state index is 6.10. The maximum Gasteiger partial charge on any atom is 0.138 e. The highest BCUT2D eigenvalue weighted by molar-refractivity contribution is 7.10. The number of aromatic nitrogens is 2. The van der Waals surface area contributed by atoms with Gasteiger partial charge in [0.25, 0.3) is 0 Å². The molecule has 3 rings (SSSR count). The first-order chi connectivity index (χ1) is 9.78. The van der Waals surface area contributed by atoms with Crippen LogP contribution in [0.1, 0.15) is 30.1 Å². The molecule has 0 radical (unpaired) electrons. The first-order valence-electron chi connectivity index (χ1n) is 6.62. The highest BCUT2D eigenvalue weighted by Crippen LogP contribution is 2.34. The highest BCUT2D eigenvalue weighted by atomic mass is 35.5. The second-order valence-corrected chi connectivity index (χ2v) is 6.25. The fraction of sp³-hybridized carbons (Fsp3) is 0.429. The van der Waals surface area contributed by atoms with Crippen molar-refractivity contribution in [2.75, 3.05) is 13.7 Å². The van der Waals surface area contributed by atoms with Gasteiger partial charge in [0, 0.05) is 24.1 Å². The van der Waals surface area contributed by atoms with E-state index in [1.54, 1.807) is 7.11 Å².